The van der Waals surface area contributed by atoms with Gasteiger partial charge in [0, 0.05) is 11.8 Å². The van der Waals surface area contributed by atoms with Crippen molar-refractivity contribution in [1.82, 2.24) is 4.40 Å². The number of phenolic OH excluding ortho intramolecular Hbond substituents is 1. The van der Waals surface area contributed by atoms with Crippen molar-refractivity contribution >= 4 is 17.3 Å². The molecule has 1 aromatic carbocycles. The molecule has 0 amide bonds. The first-order valence-corrected chi connectivity index (χ1v) is 7.22. The highest BCUT2D eigenvalue weighted by Crippen LogP contribution is 2.21. The van der Waals surface area contributed by atoms with Crippen LogP contribution < -0.4 is 0 Å². The van der Waals surface area contributed by atoms with Crippen LogP contribution in [0.4, 0.5) is 0 Å². The number of aromatic hydroxyl groups is 1. The van der Waals surface area contributed by atoms with Crippen molar-refractivity contribution in [2.45, 2.75) is 6.92 Å². The fourth-order valence-corrected chi connectivity index (χ4v) is 2.46. The third kappa shape index (κ3) is 2.68. The van der Waals surface area contributed by atoms with E-state index in [1.165, 1.54) is 12.1 Å². The molecule has 0 aliphatic rings. The Bertz CT molecular complexity index is 878. The van der Waals surface area contributed by atoms with Gasteiger partial charge in [0.2, 0.25) is 5.78 Å². The molecule has 5 nitrogen and oxygen atoms in total. The van der Waals surface area contributed by atoms with Crippen molar-refractivity contribution in [1.29, 1.82) is 0 Å². The van der Waals surface area contributed by atoms with E-state index in [2.05, 4.69) is 0 Å². The highest BCUT2D eigenvalue weighted by atomic mass is 16.5. The van der Waals surface area contributed by atoms with Crippen molar-refractivity contribution in [3.63, 3.8) is 0 Å². The molecule has 0 unspecified atom stereocenters. The van der Waals surface area contributed by atoms with Crippen LogP contribution in [0.1, 0.15) is 33.3 Å². The van der Waals surface area contributed by atoms with Gasteiger partial charge < -0.3 is 14.2 Å². The molecule has 3 rings (SSSR count). The molecular weight excluding hydrogens is 294 g/mol. The molecule has 0 saturated heterocycles. The molecule has 116 valence electrons. The Morgan fingerprint density at radius 1 is 1.13 bits per heavy atom. The molecule has 23 heavy (non-hydrogen) atoms. The lowest BCUT2D eigenvalue weighted by atomic mass is 10.1. The number of carbonyl (C=O) groups is 2. The molecule has 0 aliphatic carbocycles. The second-order valence-electron chi connectivity index (χ2n) is 5.00. The van der Waals surface area contributed by atoms with Crippen LogP contribution in [0, 0.1) is 0 Å². The Labute approximate surface area is 132 Å². The molecule has 2 heterocycles. The summed E-state index contributed by atoms with van der Waals surface area (Å²) in [6.45, 7) is 2.00. The van der Waals surface area contributed by atoms with E-state index in [4.69, 9.17) is 4.74 Å². The van der Waals surface area contributed by atoms with Crippen LogP contribution in [0.5, 0.6) is 5.75 Å². The van der Waals surface area contributed by atoms with Crippen LogP contribution in [0.15, 0.2) is 54.7 Å². The van der Waals surface area contributed by atoms with E-state index in [9.17, 15) is 14.7 Å². The summed E-state index contributed by atoms with van der Waals surface area (Å²) in [5.41, 5.74) is 1.78. The molecule has 5 heteroatoms. The number of hydrogen-bond donors (Lipinski definition) is 1. The van der Waals surface area contributed by atoms with Crippen LogP contribution in [0.2, 0.25) is 0 Å². The quantitative estimate of drug-likeness (QED) is 0.594. The summed E-state index contributed by atoms with van der Waals surface area (Å²) >= 11 is 0. The SMILES string of the molecule is CCOC(=O)c1cc(C(=O)c2ccc(O)cc2)n2ccccc12. The zero-order chi connectivity index (χ0) is 16.4. The minimum Gasteiger partial charge on any atom is -0.508 e. The summed E-state index contributed by atoms with van der Waals surface area (Å²) < 4.78 is 6.72. The maximum Gasteiger partial charge on any atom is 0.340 e. The number of benzene rings is 1. The first kappa shape index (κ1) is 14.8. The lowest BCUT2D eigenvalue weighted by Gasteiger charge is -2.02. The Hall–Kier alpha value is -3.08. The van der Waals surface area contributed by atoms with Gasteiger partial charge in [0.05, 0.1) is 23.4 Å². The zero-order valence-electron chi connectivity index (χ0n) is 12.5. The van der Waals surface area contributed by atoms with E-state index in [0.717, 1.165) is 0 Å². The highest BCUT2D eigenvalue weighted by Gasteiger charge is 2.20. The normalized spacial score (nSPS) is 10.7. The Morgan fingerprint density at radius 3 is 2.57 bits per heavy atom. The summed E-state index contributed by atoms with van der Waals surface area (Å²) in [7, 11) is 0. The minimum absolute atomic E-state index is 0.0915. The number of esters is 1. The van der Waals surface area contributed by atoms with Crippen LogP contribution in [0.3, 0.4) is 0 Å². The number of hydrogen-bond acceptors (Lipinski definition) is 4. The number of nitrogens with zero attached hydrogens (tertiary/aromatic N) is 1. The third-order valence-electron chi connectivity index (χ3n) is 3.53. The molecule has 2 aromatic heterocycles. The van der Waals surface area contributed by atoms with Crippen molar-refractivity contribution in [3.8, 4) is 5.75 Å². The summed E-state index contributed by atoms with van der Waals surface area (Å²) in [4.78, 5) is 24.8. The molecule has 0 fully saturated rings. The molecule has 0 saturated carbocycles. The molecule has 0 radical (unpaired) electrons. The zero-order valence-corrected chi connectivity index (χ0v) is 12.5. The van der Waals surface area contributed by atoms with Gasteiger partial charge in [0.1, 0.15) is 5.75 Å². The second-order valence-corrected chi connectivity index (χ2v) is 5.00. The van der Waals surface area contributed by atoms with E-state index in [0.29, 0.717) is 22.3 Å². The van der Waals surface area contributed by atoms with Gasteiger partial charge in [-0.15, -0.1) is 0 Å². The first-order chi connectivity index (χ1) is 11.1. The number of fused-ring (bicyclic) bond motifs is 1. The van der Waals surface area contributed by atoms with Gasteiger partial charge in [-0.25, -0.2) is 4.79 Å². The van der Waals surface area contributed by atoms with Gasteiger partial charge >= 0.3 is 5.97 Å². The summed E-state index contributed by atoms with van der Waals surface area (Å²) in [6, 6.07) is 12.9. The Balaban J connectivity index is 2.12. The van der Waals surface area contributed by atoms with E-state index in [-0.39, 0.29) is 18.1 Å². The number of rotatable bonds is 4. The number of pyridine rings is 1. The topological polar surface area (TPSA) is 68.0 Å². The van der Waals surface area contributed by atoms with Crippen molar-refractivity contribution in [2.24, 2.45) is 0 Å². The van der Waals surface area contributed by atoms with Crippen LogP contribution in [-0.2, 0) is 4.74 Å². The minimum atomic E-state index is -0.457. The predicted molar refractivity (Wildman–Crippen MR) is 84.9 cm³/mol. The average molecular weight is 309 g/mol. The van der Waals surface area contributed by atoms with E-state index in [1.807, 2.05) is 0 Å². The van der Waals surface area contributed by atoms with Gasteiger partial charge in [-0.3, -0.25) is 4.79 Å². The maximum atomic E-state index is 12.7. The summed E-state index contributed by atoms with van der Waals surface area (Å²) in [6.07, 6.45) is 1.73. The van der Waals surface area contributed by atoms with Gasteiger partial charge in [0.15, 0.2) is 0 Å². The van der Waals surface area contributed by atoms with Gasteiger partial charge in [-0.05, 0) is 49.4 Å². The predicted octanol–water partition coefficient (Wildman–Crippen LogP) is 3.05. The lowest BCUT2D eigenvalue weighted by molar-refractivity contribution is 0.0529. The highest BCUT2D eigenvalue weighted by molar-refractivity contribution is 6.11. The van der Waals surface area contributed by atoms with E-state index < -0.39 is 5.97 Å². The fourth-order valence-electron chi connectivity index (χ4n) is 2.46. The van der Waals surface area contributed by atoms with Crippen molar-refractivity contribution < 1.29 is 19.4 Å². The smallest absolute Gasteiger partial charge is 0.340 e. The molecule has 0 bridgehead atoms. The van der Waals surface area contributed by atoms with E-state index in [1.54, 1.807) is 53.9 Å². The third-order valence-corrected chi connectivity index (χ3v) is 3.53. The van der Waals surface area contributed by atoms with Crippen LogP contribution in [-0.4, -0.2) is 27.9 Å². The van der Waals surface area contributed by atoms with Crippen molar-refractivity contribution in [3.05, 3.63) is 71.5 Å². The monoisotopic (exact) mass is 309 g/mol. The number of ether oxygens (including phenoxy) is 1. The molecule has 0 spiro atoms. The summed E-state index contributed by atoms with van der Waals surface area (Å²) in [5.74, 6) is -0.600. The molecular formula is C18H15NO4. The van der Waals surface area contributed by atoms with Crippen molar-refractivity contribution in [2.75, 3.05) is 6.61 Å². The second kappa shape index (κ2) is 5.96. The van der Waals surface area contributed by atoms with Gasteiger partial charge in [0.25, 0.3) is 0 Å². The number of ketones is 1. The van der Waals surface area contributed by atoms with Crippen LogP contribution >= 0.6 is 0 Å². The lowest BCUT2D eigenvalue weighted by Crippen LogP contribution is -2.04. The number of aromatic nitrogens is 1. The summed E-state index contributed by atoms with van der Waals surface area (Å²) in [5, 5.41) is 9.34. The van der Waals surface area contributed by atoms with Crippen LogP contribution in [0.25, 0.3) is 5.52 Å². The number of phenols is 1. The molecule has 3 aromatic rings. The Morgan fingerprint density at radius 2 is 1.87 bits per heavy atom. The number of carbonyl (C=O) groups excluding carboxylic acids is 2. The fraction of sp³-hybridized carbons (Fsp3) is 0.111. The molecule has 0 atom stereocenters. The van der Waals surface area contributed by atoms with Gasteiger partial charge in [-0.1, -0.05) is 6.07 Å². The average Bonchev–Trinajstić information content (AvgIpc) is 2.95. The standard InChI is InChI=1S/C18H15NO4/c1-2-23-18(22)14-11-16(19-10-4-3-5-15(14)19)17(21)12-6-8-13(20)9-7-12/h3-11,20H,2H2,1H3. The van der Waals surface area contributed by atoms with E-state index >= 15 is 0 Å². The van der Waals surface area contributed by atoms with Gasteiger partial charge in [-0.2, -0.15) is 0 Å². The largest absolute Gasteiger partial charge is 0.508 e. The maximum absolute atomic E-state index is 12.7. The molecule has 0 aliphatic heterocycles. The first-order valence-electron chi connectivity index (χ1n) is 7.22. The Kier molecular flexibility index (Phi) is 3.85. The molecule has 1 N–H and O–H groups in total.